The van der Waals surface area contributed by atoms with E-state index in [9.17, 15) is 18.8 Å². The maximum absolute atomic E-state index is 13.9. The lowest BCUT2D eigenvalue weighted by Crippen LogP contribution is -2.55. The van der Waals surface area contributed by atoms with E-state index >= 15 is 0 Å². The number of amides is 2. The Morgan fingerprint density at radius 3 is 2.44 bits per heavy atom. The highest BCUT2D eigenvalue weighted by Gasteiger charge is 2.39. The standard InChI is InChI=1S/C28H35FN4O3/c1-18(30-2)27(35)32-25(19-7-4-3-5-8-19)28(36)33-16-6-9-24(33)21-14-15-31-23(17-21)26(34)20-10-12-22(29)13-11-20/h10-15,17-19,24-25,30H,3-9,16H2,1-2H3,(H,32,35)/t18?,24-,25?/m0/s1. The van der Waals surface area contributed by atoms with Gasteiger partial charge in [0.1, 0.15) is 17.6 Å². The number of ketones is 1. The number of carbonyl (C=O) groups excluding carboxylic acids is 3. The van der Waals surface area contributed by atoms with Crippen LogP contribution in [0.25, 0.3) is 0 Å². The number of carbonyl (C=O) groups is 3. The molecule has 2 aromatic rings. The van der Waals surface area contributed by atoms with Gasteiger partial charge in [0.15, 0.2) is 0 Å². The highest BCUT2D eigenvalue weighted by atomic mass is 19.1. The summed E-state index contributed by atoms with van der Waals surface area (Å²) < 4.78 is 13.3. The minimum atomic E-state index is -0.559. The van der Waals surface area contributed by atoms with Gasteiger partial charge >= 0.3 is 0 Å². The van der Waals surface area contributed by atoms with Crippen LogP contribution in [0.2, 0.25) is 0 Å². The van der Waals surface area contributed by atoms with Crippen molar-refractivity contribution >= 4 is 17.6 Å². The van der Waals surface area contributed by atoms with Crippen LogP contribution in [0.1, 0.15) is 79.5 Å². The summed E-state index contributed by atoms with van der Waals surface area (Å²) in [6, 6.07) is 7.84. The Morgan fingerprint density at radius 2 is 1.75 bits per heavy atom. The predicted octanol–water partition coefficient (Wildman–Crippen LogP) is 3.79. The second-order valence-electron chi connectivity index (χ2n) is 9.89. The van der Waals surface area contributed by atoms with Gasteiger partial charge in [-0.2, -0.15) is 0 Å². The molecule has 1 saturated carbocycles. The van der Waals surface area contributed by atoms with Crippen LogP contribution in [-0.4, -0.2) is 53.2 Å². The normalized spacial score (nSPS) is 20.1. The van der Waals surface area contributed by atoms with Crippen LogP contribution in [0, 0.1) is 11.7 Å². The average molecular weight is 495 g/mol. The molecule has 1 aromatic heterocycles. The molecule has 3 atom stereocenters. The molecule has 7 nitrogen and oxygen atoms in total. The number of rotatable bonds is 8. The van der Waals surface area contributed by atoms with Gasteiger partial charge in [-0.05, 0) is 87.5 Å². The highest BCUT2D eigenvalue weighted by molar-refractivity contribution is 6.07. The molecule has 8 heteroatoms. The number of halogens is 1. The number of likely N-dealkylation sites (N-methyl/N-ethyl adjacent to an activating group) is 1. The Labute approximate surface area is 211 Å². The maximum atomic E-state index is 13.9. The van der Waals surface area contributed by atoms with Gasteiger partial charge in [-0.15, -0.1) is 0 Å². The number of pyridine rings is 1. The van der Waals surface area contributed by atoms with Crippen LogP contribution in [0.5, 0.6) is 0 Å². The lowest BCUT2D eigenvalue weighted by atomic mass is 9.83. The zero-order valence-corrected chi connectivity index (χ0v) is 21.0. The molecular formula is C28H35FN4O3. The van der Waals surface area contributed by atoms with Crippen molar-refractivity contribution in [2.45, 2.75) is 70.0 Å². The highest BCUT2D eigenvalue weighted by Crippen LogP contribution is 2.35. The minimum Gasteiger partial charge on any atom is -0.343 e. The molecule has 192 valence electrons. The van der Waals surface area contributed by atoms with E-state index in [4.69, 9.17) is 0 Å². The topological polar surface area (TPSA) is 91.4 Å². The van der Waals surface area contributed by atoms with Gasteiger partial charge in [-0.25, -0.2) is 4.39 Å². The molecule has 2 fully saturated rings. The summed E-state index contributed by atoms with van der Waals surface area (Å²) in [7, 11) is 1.73. The first-order valence-corrected chi connectivity index (χ1v) is 12.9. The van der Waals surface area contributed by atoms with E-state index in [1.165, 1.54) is 24.3 Å². The fraction of sp³-hybridized carbons (Fsp3) is 0.500. The zero-order chi connectivity index (χ0) is 25.7. The second kappa shape index (κ2) is 11.7. The van der Waals surface area contributed by atoms with Gasteiger partial charge < -0.3 is 15.5 Å². The molecular weight excluding hydrogens is 459 g/mol. The van der Waals surface area contributed by atoms with Crippen molar-refractivity contribution < 1.29 is 18.8 Å². The van der Waals surface area contributed by atoms with Crippen molar-refractivity contribution in [1.29, 1.82) is 0 Å². The summed E-state index contributed by atoms with van der Waals surface area (Å²) in [6.07, 6.45) is 8.34. The molecule has 1 aromatic carbocycles. The smallest absolute Gasteiger partial charge is 0.245 e. The van der Waals surface area contributed by atoms with E-state index in [2.05, 4.69) is 15.6 Å². The van der Waals surface area contributed by atoms with Crippen molar-refractivity contribution in [3.8, 4) is 0 Å². The third kappa shape index (κ3) is 5.81. The van der Waals surface area contributed by atoms with E-state index in [1.807, 2.05) is 11.0 Å². The summed E-state index contributed by atoms with van der Waals surface area (Å²) in [5.41, 5.74) is 1.47. The van der Waals surface area contributed by atoms with Crippen molar-refractivity contribution in [3.63, 3.8) is 0 Å². The zero-order valence-electron chi connectivity index (χ0n) is 21.0. The third-order valence-corrected chi connectivity index (χ3v) is 7.56. The predicted molar refractivity (Wildman–Crippen MR) is 135 cm³/mol. The maximum Gasteiger partial charge on any atom is 0.245 e. The Morgan fingerprint density at radius 1 is 1.03 bits per heavy atom. The first-order chi connectivity index (χ1) is 17.4. The van der Waals surface area contributed by atoms with Crippen LogP contribution in [0.3, 0.4) is 0 Å². The molecule has 1 aliphatic heterocycles. The number of hydrogen-bond acceptors (Lipinski definition) is 5. The van der Waals surface area contributed by atoms with E-state index in [1.54, 1.807) is 26.2 Å². The summed E-state index contributed by atoms with van der Waals surface area (Å²) >= 11 is 0. The lowest BCUT2D eigenvalue weighted by Gasteiger charge is -2.35. The molecule has 1 aliphatic carbocycles. The second-order valence-corrected chi connectivity index (χ2v) is 9.89. The van der Waals surface area contributed by atoms with Crippen LogP contribution < -0.4 is 10.6 Å². The monoisotopic (exact) mass is 494 g/mol. The van der Waals surface area contributed by atoms with Gasteiger partial charge in [-0.3, -0.25) is 19.4 Å². The molecule has 2 aliphatic rings. The summed E-state index contributed by atoms with van der Waals surface area (Å²) in [5.74, 6) is -0.802. The Balaban J connectivity index is 1.56. The molecule has 1 saturated heterocycles. The van der Waals surface area contributed by atoms with Gasteiger partial charge in [0.25, 0.3) is 0 Å². The largest absolute Gasteiger partial charge is 0.343 e. The first kappa shape index (κ1) is 25.9. The quantitative estimate of drug-likeness (QED) is 0.545. The van der Waals surface area contributed by atoms with Crippen molar-refractivity contribution in [2.75, 3.05) is 13.6 Å². The molecule has 2 N–H and O–H groups in total. The van der Waals surface area contributed by atoms with Gasteiger partial charge in [0.05, 0.1) is 12.1 Å². The van der Waals surface area contributed by atoms with Crippen LogP contribution in [0.4, 0.5) is 4.39 Å². The molecule has 0 spiro atoms. The van der Waals surface area contributed by atoms with Crippen molar-refractivity contribution in [1.82, 2.24) is 20.5 Å². The Bertz CT molecular complexity index is 1080. The van der Waals surface area contributed by atoms with E-state index in [-0.39, 0.29) is 35.3 Å². The van der Waals surface area contributed by atoms with Crippen molar-refractivity contribution in [3.05, 3.63) is 65.2 Å². The molecule has 2 heterocycles. The van der Waals surface area contributed by atoms with Gasteiger partial charge in [0.2, 0.25) is 17.6 Å². The molecule has 36 heavy (non-hydrogen) atoms. The van der Waals surface area contributed by atoms with Crippen LogP contribution in [0.15, 0.2) is 42.6 Å². The molecule has 0 radical (unpaired) electrons. The number of benzene rings is 1. The SMILES string of the molecule is CNC(C)C(=O)NC(C(=O)N1CCC[C@H]1c1ccnc(C(=O)c2ccc(F)cc2)c1)C1CCCCC1. The molecule has 4 rings (SSSR count). The van der Waals surface area contributed by atoms with Crippen LogP contribution in [-0.2, 0) is 9.59 Å². The fourth-order valence-corrected chi connectivity index (χ4v) is 5.34. The summed E-state index contributed by atoms with van der Waals surface area (Å²) in [5, 5.41) is 6.00. The first-order valence-electron chi connectivity index (χ1n) is 12.9. The fourth-order valence-electron chi connectivity index (χ4n) is 5.34. The molecule has 2 unspecified atom stereocenters. The summed E-state index contributed by atoms with van der Waals surface area (Å²) in [4.78, 5) is 45.7. The number of likely N-dealkylation sites (tertiary alicyclic amines) is 1. The van der Waals surface area contributed by atoms with E-state index in [0.717, 1.165) is 50.5 Å². The van der Waals surface area contributed by atoms with Crippen LogP contribution >= 0.6 is 0 Å². The number of nitrogens with zero attached hydrogens (tertiary/aromatic N) is 2. The Hall–Kier alpha value is -3.13. The van der Waals surface area contributed by atoms with E-state index in [0.29, 0.717) is 12.1 Å². The van der Waals surface area contributed by atoms with Gasteiger partial charge in [-0.1, -0.05) is 19.3 Å². The molecule has 0 bridgehead atoms. The number of aromatic nitrogens is 1. The Kier molecular flexibility index (Phi) is 8.46. The van der Waals surface area contributed by atoms with Gasteiger partial charge in [0, 0.05) is 18.3 Å². The van der Waals surface area contributed by atoms with E-state index < -0.39 is 17.9 Å². The molecule has 2 amide bonds. The number of hydrogen-bond donors (Lipinski definition) is 2. The average Bonchev–Trinajstić information content (AvgIpc) is 3.41. The lowest BCUT2D eigenvalue weighted by molar-refractivity contribution is -0.139. The third-order valence-electron chi connectivity index (χ3n) is 7.56. The number of nitrogens with one attached hydrogen (secondary N) is 2. The minimum absolute atomic E-state index is 0.0516. The van der Waals surface area contributed by atoms with Crippen molar-refractivity contribution in [2.24, 2.45) is 5.92 Å². The summed E-state index contributed by atoms with van der Waals surface area (Å²) in [6.45, 7) is 2.39.